The molecule has 2 aromatic rings. The second kappa shape index (κ2) is 4.59. The predicted molar refractivity (Wildman–Crippen MR) is 66.6 cm³/mol. The zero-order chi connectivity index (χ0) is 12.4. The second-order valence-electron chi connectivity index (χ2n) is 3.85. The standard InChI is InChI=1S/C12H11ClN2O2/c1-8-3-2-4-9(5-8)6-15-7-10(13)11(16)14-12(15)17/h2-5,7H,6H2,1H3,(H,14,16,17). The van der Waals surface area contributed by atoms with Crippen LogP contribution in [0.3, 0.4) is 0 Å². The molecule has 1 heterocycles. The summed E-state index contributed by atoms with van der Waals surface area (Å²) >= 11 is 5.68. The SMILES string of the molecule is Cc1cccc(Cn2cc(Cl)c(=O)[nH]c2=O)c1. The molecule has 1 N–H and O–H groups in total. The predicted octanol–water partition coefficient (Wildman–Crippen LogP) is 1.55. The fourth-order valence-electron chi connectivity index (χ4n) is 1.61. The molecule has 1 aromatic carbocycles. The highest BCUT2D eigenvalue weighted by molar-refractivity contribution is 6.30. The molecule has 4 nitrogen and oxygen atoms in total. The summed E-state index contributed by atoms with van der Waals surface area (Å²) in [6.45, 7) is 2.36. The van der Waals surface area contributed by atoms with Crippen LogP contribution in [0.4, 0.5) is 0 Å². The molecule has 0 spiro atoms. The van der Waals surface area contributed by atoms with E-state index in [-0.39, 0.29) is 5.02 Å². The fourth-order valence-corrected chi connectivity index (χ4v) is 1.77. The molecule has 0 aliphatic heterocycles. The molecule has 1 aromatic heterocycles. The summed E-state index contributed by atoms with van der Waals surface area (Å²) in [6, 6.07) is 7.79. The summed E-state index contributed by atoms with van der Waals surface area (Å²) in [7, 11) is 0. The van der Waals surface area contributed by atoms with Gasteiger partial charge in [-0.3, -0.25) is 14.3 Å². The van der Waals surface area contributed by atoms with Crippen molar-refractivity contribution in [1.29, 1.82) is 0 Å². The summed E-state index contributed by atoms with van der Waals surface area (Å²) in [6.07, 6.45) is 1.35. The molecule has 0 aliphatic rings. The van der Waals surface area contributed by atoms with E-state index in [0.717, 1.165) is 11.1 Å². The molecule has 2 rings (SSSR count). The first-order chi connectivity index (χ1) is 8.06. The highest BCUT2D eigenvalue weighted by atomic mass is 35.5. The Labute approximate surface area is 102 Å². The van der Waals surface area contributed by atoms with E-state index in [9.17, 15) is 9.59 Å². The number of aromatic nitrogens is 2. The van der Waals surface area contributed by atoms with Crippen molar-refractivity contribution in [2.75, 3.05) is 0 Å². The quantitative estimate of drug-likeness (QED) is 0.879. The molecule has 5 heteroatoms. The zero-order valence-corrected chi connectivity index (χ0v) is 9.99. The lowest BCUT2D eigenvalue weighted by Gasteiger charge is -2.06. The molecule has 0 aliphatic carbocycles. The van der Waals surface area contributed by atoms with Gasteiger partial charge in [0, 0.05) is 6.20 Å². The van der Waals surface area contributed by atoms with Crippen LogP contribution < -0.4 is 11.2 Å². The van der Waals surface area contributed by atoms with Gasteiger partial charge in [-0.15, -0.1) is 0 Å². The van der Waals surface area contributed by atoms with Crippen molar-refractivity contribution in [2.24, 2.45) is 0 Å². The third-order valence-electron chi connectivity index (χ3n) is 2.40. The lowest BCUT2D eigenvalue weighted by atomic mass is 10.1. The molecule has 0 saturated heterocycles. The summed E-state index contributed by atoms with van der Waals surface area (Å²) in [5.41, 5.74) is 1.08. The number of nitrogens with one attached hydrogen (secondary N) is 1. The van der Waals surface area contributed by atoms with Gasteiger partial charge in [-0.25, -0.2) is 4.79 Å². The maximum Gasteiger partial charge on any atom is 0.328 e. The van der Waals surface area contributed by atoms with Crippen molar-refractivity contribution >= 4 is 11.6 Å². The van der Waals surface area contributed by atoms with E-state index in [1.54, 1.807) is 0 Å². The number of nitrogens with zero attached hydrogens (tertiary/aromatic N) is 1. The van der Waals surface area contributed by atoms with E-state index in [1.807, 2.05) is 31.2 Å². The van der Waals surface area contributed by atoms with E-state index < -0.39 is 11.2 Å². The van der Waals surface area contributed by atoms with Crippen LogP contribution in [0.25, 0.3) is 0 Å². The van der Waals surface area contributed by atoms with Crippen molar-refractivity contribution in [2.45, 2.75) is 13.5 Å². The highest BCUT2D eigenvalue weighted by Crippen LogP contribution is 2.05. The van der Waals surface area contributed by atoms with Gasteiger partial charge in [0.15, 0.2) is 0 Å². The van der Waals surface area contributed by atoms with E-state index in [4.69, 9.17) is 11.6 Å². The molecule has 17 heavy (non-hydrogen) atoms. The van der Waals surface area contributed by atoms with Crippen LogP contribution in [0.15, 0.2) is 40.1 Å². The molecule has 88 valence electrons. The monoisotopic (exact) mass is 250 g/mol. The Morgan fingerprint density at radius 2 is 2.12 bits per heavy atom. The first kappa shape index (κ1) is 11.7. The molecule has 0 saturated carbocycles. The summed E-state index contributed by atoms with van der Waals surface area (Å²) in [5.74, 6) is 0. The van der Waals surface area contributed by atoms with Crippen molar-refractivity contribution < 1.29 is 0 Å². The minimum atomic E-state index is -0.558. The van der Waals surface area contributed by atoms with Gasteiger partial charge in [-0.1, -0.05) is 41.4 Å². The molecule has 0 fully saturated rings. The average molecular weight is 251 g/mol. The van der Waals surface area contributed by atoms with Crippen LogP contribution in [0, 0.1) is 6.92 Å². The lowest BCUT2D eigenvalue weighted by molar-refractivity contribution is 0.720. The number of aryl methyl sites for hydroxylation is 1. The van der Waals surface area contributed by atoms with E-state index in [0.29, 0.717) is 6.54 Å². The molecule has 0 bridgehead atoms. The van der Waals surface area contributed by atoms with Crippen LogP contribution in [0.2, 0.25) is 5.02 Å². The topological polar surface area (TPSA) is 54.9 Å². The number of benzene rings is 1. The smallest absolute Gasteiger partial charge is 0.295 e. The third-order valence-corrected chi connectivity index (χ3v) is 2.67. The molecular weight excluding hydrogens is 240 g/mol. The van der Waals surface area contributed by atoms with Crippen molar-refractivity contribution in [3.8, 4) is 0 Å². The minimum Gasteiger partial charge on any atom is -0.295 e. The lowest BCUT2D eigenvalue weighted by Crippen LogP contribution is -2.29. The number of hydrogen-bond donors (Lipinski definition) is 1. The second-order valence-corrected chi connectivity index (χ2v) is 4.26. The number of rotatable bonds is 2. The van der Waals surface area contributed by atoms with Gasteiger partial charge in [0.25, 0.3) is 5.56 Å². The Kier molecular flexibility index (Phi) is 3.15. The van der Waals surface area contributed by atoms with Gasteiger partial charge in [0.1, 0.15) is 5.02 Å². The first-order valence-corrected chi connectivity index (χ1v) is 5.49. The molecule has 0 radical (unpaired) electrons. The summed E-state index contributed by atoms with van der Waals surface area (Å²) in [4.78, 5) is 24.8. The Bertz CT molecular complexity index is 658. The van der Waals surface area contributed by atoms with Crippen LogP contribution in [-0.4, -0.2) is 9.55 Å². The van der Waals surface area contributed by atoms with E-state index >= 15 is 0 Å². The van der Waals surface area contributed by atoms with Crippen molar-refractivity contribution in [3.63, 3.8) is 0 Å². The van der Waals surface area contributed by atoms with E-state index in [1.165, 1.54) is 10.8 Å². The van der Waals surface area contributed by atoms with Gasteiger partial charge < -0.3 is 0 Å². The van der Waals surface area contributed by atoms with Gasteiger partial charge in [-0.05, 0) is 12.5 Å². The largest absolute Gasteiger partial charge is 0.328 e. The minimum absolute atomic E-state index is 0.0113. The Morgan fingerprint density at radius 3 is 2.82 bits per heavy atom. The van der Waals surface area contributed by atoms with Crippen LogP contribution in [-0.2, 0) is 6.54 Å². The highest BCUT2D eigenvalue weighted by Gasteiger charge is 2.03. The molecule has 0 amide bonds. The molecule has 0 unspecified atom stereocenters. The molecule has 0 atom stereocenters. The maximum atomic E-state index is 11.5. The number of hydrogen-bond acceptors (Lipinski definition) is 2. The third kappa shape index (κ3) is 2.65. The normalized spacial score (nSPS) is 10.5. The van der Waals surface area contributed by atoms with Crippen LogP contribution in [0.5, 0.6) is 0 Å². The number of halogens is 1. The summed E-state index contributed by atoms with van der Waals surface area (Å²) < 4.78 is 1.37. The number of H-pyrrole nitrogens is 1. The van der Waals surface area contributed by atoms with Crippen molar-refractivity contribution in [3.05, 3.63) is 67.4 Å². The fraction of sp³-hybridized carbons (Fsp3) is 0.167. The summed E-state index contributed by atoms with van der Waals surface area (Å²) in [5, 5.41) is 0.0113. The molecular formula is C12H11ClN2O2. The average Bonchev–Trinajstić information content (AvgIpc) is 2.26. The number of aromatic amines is 1. The van der Waals surface area contributed by atoms with Crippen LogP contribution >= 0.6 is 11.6 Å². The first-order valence-electron chi connectivity index (χ1n) is 5.11. The van der Waals surface area contributed by atoms with Gasteiger partial charge in [0.05, 0.1) is 6.54 Å². The van der Waals surface area contributed by atoms with Crippen LogP contribution in [0.1, 0.15) is 11.1 Å². The maximum absolute atomic E-state index is 11.5. The van der Waals surface area contributed by atoms with Gasteiger partial charge in [-0.2, -0.15) is 0 Å². The zero-order valence-electron chi connectivity index (χ0n) is 9.24. The Morgan fingerprint density at radius 1 is 1.35 bits per heavy atom. The Balaban J connectivity index is 2.40. The Hall–Kier alpha value is -1.81. The van der Waals surface area contributed by atoms with Crippen molar-refractivity contribution in [1.82, 2.24) is 9.55 Å². The van der Waals surface area contributed by atoms with Gasteiger partial charge >= 0.3 is 5.69 Å². The van der Waals surface area contributed by atoms with E-state index in [2.05, 4.69) is 4.98 Å². The van der Waals surface area contributed by atoms with Gasteiger partial charge in [0.2, 0.25) is 0 Å².